The summed E-state index contributed by atoms with van der Waals surface area (Å²) in [5.41, 5.74) is 11.5. The lowest BCUT2D eigenvalue weighted by atomic mass is 9.94. The van der Waals surface area contributed by atoms with Gasteiger partial charge in [0.1, 0.15) is 5.75 Å². The zero-order valence-corrected chi connectivity index (χ0v) is 22.4. The van der Waals surface area contributed by atoms with Gasteiger partial charge in [0.05, 0.1) is 24.3 Å². The number of primary amides is 1. The number of ether oxygens (including phenoxy) is 2. The van der Waals surface area contributed by atoms with Crippen LogP contribution in [0.4, 0.5) is 0 Å². The van der Waals surface area contributed by atoms with E-state index in [1.54, 1.807) is 13.0 Å². The first-order valence-electron chi connectivity index (χ1n) is 13.4. The van der Waals surface area contributed by atoms with E-state index in [0.717, 1.165) is 27.9 Å². The Morgan fingerprint density at radius 2 is 1.67 bits per heavy atom. The van der Waals surface area contributed by atoms with E-state index in [-0.39, 0.29) is 5.97 Å². The van der Waals surface area contributed by atoms with E-state index in [9.17, 15) is 14.4 Å². The summed E-state index contributed by atoms with van der Waals surface area (Å²) in [7, 11) is 0. The van der Waals surface area contributed by atoms with Gasteiger partial charge in [0, 0.05) is 30.8 Å². The van der Waals surface area contributed by atoms with Crippen LogP contribution in [0.3, 0.4) is 0 Å². The molecule has 4 aromatic rings. The highest BCUT2D eigenvalue weighted by Crippen LogP contribution is 2.32. The van der Waals surface area contributed by atoms with Crippen LogP contribution in [0.2, 0.25) is 0 Å². The standard InChI is InChI=1S/C32H34N2O5/c1-3-25-27(20-23-14-8-9-15-26(23)22-12-6-5-7-13-22)34-18-17-24(21-28(34)30(25)31(36)32(33)37)39-19-11-10-16-29(35)38-4-2/h5-9,12-15,17-18,21H,3-4,10-11,16,19-20H2,1-2H3,(H2,33,37). The van der Waals surface area contributed by atoms with Crippen molar-refractivity contribution in [1.82, 2.24) is 4.40 Å². The maximum atomic E-state index is 13.0. The second-order valence-corrected chi connectivity index (χ2v) is 9.28. The second-order valence-electron chi connectivity index (χ2n) is 9.28. The highest BCUT2D eigenvalue weighted by atomic mass is 16.5. The second kappa shape index (κ2) is 12.9. The first-order chi connectivity index (χ1) is 18.9. The molecule has 202 valence electrons. The quantitative estimate of drug-likeness (QED) is 0.107. The summed E-state index contributed by atoms with van der Waals surface area (Å²) in [5.74, 6) is -1.33. The third-order valence-electron chi connectivity index (χ3n) is 6.74. The molecule has 0 radical (unpaired) electrons. The van der Waals surface area contributed by atoms with E-state index in [2.05, 4.69) is 24.3 Å². The van der Waals surface area contributed by atoms with Crippen LogP contribution in [0.25, 0.3) is 16.6 Å². The van der Waals surface area contributed by atoms with Crippen molar-refractivity contribution in [2.75, 3.05) is 13.2 Å². The number of amides is 1. The zero-order chi connectivity index (χ0) is 27.8. The van der Waals surface area contributed by atoms with Crippen molar-refractivity contribution in [3.8, 4) is 16.9 Å². The lowest BCUT2D eigenvalue weighted by molar-refractivity contribution is -0.143. The molecule has 0 aliphatic rings. The molecule has 0 aliphatic heterocycles. The van der Waals surface area contributed by atoms with Crippen LogP contribution in [-0.2, 0) is 27.2 Å². The van der Waals surface area contributed by atoms with E-state index in [1.165, 1.54) is 0 Å². The topological polar surface area (TPSA) is 100 Å². The molecule has 0 saturated carbocycles. The normalized spacial score (nSPS) is 10.9. The van der Waals surface area contributed by atoms with Crippen LogP contribution in [0.15, 0.2) is 72.9 Å². The third-order valence-corrected chi connectivity index (χ3v) is 6.74. The van der Waals surface area contributed by atoms with Gasteiger partial charge in [0.15, 0.2) is 0 Å². The van der Waals surface area contributed by atoms with Gasteiger partial charge in [0.2, 0.25) is 0 Å². The highest BCUT2D eigenvalue weighted by molar-refractivity contribution is 6.44. The fraction of sp³-hybridized carbons (Fsp3) is 0.281. The molecule has 7 heteroatoms. The molecule has 1 amide bonds. The zero-order valence-electron chi connectivity index (χ0n) is 22.4. The molecule has 4 rings (SSSR count). The lowest BCUT2D eigenvalue weighted by Gasteiger charge is -2.12. The van der Waals surface area contributed by atoms with E-state index in [0.29, 0.717) is 62.1 Å². The molecule has 39 heavy (non-hydrogen) atoms. The van der Waals surface area contributed by atoms with Gasteiger partial charge in [-0.25, -0.2) is 0 Å². The number of fused-ring (bicyclic) bond motifs is 1. The predicted molar refractivity (Wildman–Crippen MR) is 151 cm³/mol. The smallest absolute Gasteiger partial charge is 0.305 e. The molecular formula is C32H34N2O5. The maximum absolute atomic E-state index is 13.0. The number of nitrogens with zero attached hydrogens (tertiary/aromatic N) is 1. The van der Waals surface area contributed by atoms with Crippen molar-refractivity contribution in [1.29, 1.82) is 0 Å². The Balaban J connectivity index is 1.68. The average Bonchev–Trinajstić information content (AvgIpc) is 3.25. The maximum Gasteiger partial charge on any atom is 0.305 e. The molecule has 2 aromatic heterocycles. The largest absolute Gasteiger partial charge is 0.493 e. The number of unbranched alkanes of at least 4 members (excludes halogenated alkanes) is 1. The molecule has 2 aromatic carbocycles. The summed E-state index contributed by atoms with van der Waals surface area (Å²) >= 11 is 0. The predicted octanol–water partition coefficient (Wildman–Crippen LogP) is 5.54. The first-order valence-corrected chi connectivity index (χ1v) is 13.4. The molecule has 2 heterocycles. The summed E-state index contributed by atoms with van der Waals surface area (Å²) in [5, 5.41) is 0. The number of rotatable bonds is 13. The van der Waals surface area contributed by atoms with Crippen molar-refractivity contribution in [2.45, 2.75) is 46.0 Å². The van der Waals surface area contributed by atoms with Gasteiger partial charge in [-0.3, -0.25) is 14.4 Å². The Morgan fingerprint density at radius 3 is 2.38 bits per heavy atom. The van der Waals surface area contributed by atoms with Crippen LogP contribution in [0.5, 0.6) is 5.75 Å². The fourth-order valence-corrected chi connectivity index (χ4v) is 4.94. The molecule has 0 atom stereocenters. The Morgan fingerprint density at radius 1 is 0.923 bits per heavy atom. The number of hydrogen-bond donors (Lipinski definition) is 1. The molecule has 7 nitrogen and oxygen atoms in total. The number of carbonyl (C=O) groups is 3. The van der Waals surface area contributed by atoms with Gasteiger partial charge in [-0.05, 0) is 54.5 Å². The van der Waals surface area contributed by atoms with Gasteiger partial charge < -0.3 is 19.6 Å². The van der Waals surface area contributed by atoms with E-state index < -0.39 is 11.7 Å². The highest BCUT2D eigenvalue weighted by Gasteiger charge is 2.26. The number of benzene rings is 2. The van der Waals surface area contributed by atoms with Gasteiger partial charge in [0.25, 0.3) is 11.7 Å². The Labute approximate surface area is 228 Å². The summed E-state index contributed by atoms with van der Waals surface area (Å²) in [6.07, 6.45) is 4.68. The molecule has 0 fully saturated rings. The van der Waals surface area contributed by atoms with Crippen LogP contribution < -0.4 is 10.5 Å². The van der Waals surface area contributed by atoms with Gasteiger partial charge >= 0.3 is 5.97 Å². The van der Waals surface area contributed by atoms with E-state index >= 15 is 0 Å². The molecule has 0 bridgehead atoms. The van der Waals surface area contributed by atoms with Crippen molar-refractivity contribution in [3.05, 3.63) is 95.3 Å². The van der Waals surface area contributed by atoms with E-state index in [4.69, 9.17) is 15.2 Å². The summed E-state index contributed by atoms with van der Waals surface area (Å²) < 4.78 is 12.9. The van der Waals surface area contributed by atoms with Gasteiger partial charge in [-0.15, -0.1) is 0 Å². The fourth-order valence-electron chi connectivity index (χ4n) is 4.94. The minimum absolute atomic E-state index is 0.213. The SMILES string of the molecule is CCOC(=O)CCCCOc1ccn2c(Cc3ccccc3-c3ccccc3)c(CC)c(C(=O)C(N)=O)c2c1. The number of carbonyl (C=O) groups excluding carboxylic acids is 3. The van der Waals surface area contributed by atoms with Crippen molar-refractivity contribution >= 4 is 23.2 Å². The summed E-state index contributed by atoms with van der Waals surface area (Å²) in [6, 6.07) is 22.0. The number of Topliss-reactive ketones (excluding diaryl/α,β-unsaturated/α-hetero) is 1. The molecule has 0 spiro atoms. The van der Waals surface area contributed by atoms with E-state index in [1.807, 2.05) is 53.9 Å². The molecule has 0 aliphatic carbocycles. The number of nitrogens with two attached hydrogens (primary N) is 1. The Bertz CT molecular complexity index is 1470. The van der Waals surface area contributed by atoms with Crippen LogP contribution in [-0.4, -0.2) is 35.3 Å². The number of ketones is 1. The monoisotopic (exact) mass is 526 g/mol. The van der Waals surface area contributed by atoms with Crippen molar-refractivity contribution in [3.63, 3.8) is 0 Å². The van der Waals surface area contributed by atoms with Gasteiger partial charge in [-0.1, -0.05) is 61.5 Å². The van der Waals surface area contributed by atoms with Crippen LogP contribution in [0.1, 0.15) is 60.3 Å². The molecule has 0 unspecified atom stereocenters. The molecule has 0 saturated heterocycles. The van der Waals surface area contributed by atoms with Crippen LogP contribution in [0, 0.1) is 0 Å². The van der Waals surface area contributed by atoms with Crippen molar-refractivity contribution < 1.29 is 23.9 Å². The number of esters is 1. The third kappa shape index (κ3) is 6.37. The first kappa shape index (κ1) is 27.6. The minimum atomic E-state index is -0.987. The summed E-state index contributed by atoms with van der Waals surface area (Å²) in [4.78, 5) is 36.6. The minimum Gasteiger partial charge on any atom is -0.493 e. The Kier molecular flexibility index (Phi) is 9.15. The lowest BCUT2D eigenvalue weighted by Crippen LogP contribution is -2.24. The molecule has 2 N–H and O–H groups in total. The number of aromatic nitrogens is 1. The van der Waals surface area contributed by atoms with Gasteiger partial charge in [-0.2, -0.15) is 0 Å². The molecular weight excluding hydrogens is 492 g/mol. The Hall–Kier alpha value is -4.39. The van der Waals surface area contributed by atoms with Crippen LogP contribution >= 0.6 is 0 Å². The van der Waals surface area contributed by atoms with Crippen molar-refractivity contribution in [2.24, 2.45) is 5.73 Å². The number of hydrogen-bond acceptors (Lipinski definition) is 5. The number of pyridine rings is 1. The average molecular weight is 527 g/mol. The summed E-state index contributed by atoms with van der Waals surface area (Å²) in [6.45, 7) is 4.54.